The molecule has 1 unspecified atom stereocenters. The van der Waals surface area contributed by atoms with Crippen molar-refractivity contribution >= 4 is 12.0 Å². The molecule has 1 aromatic rings. The molecule has 102 valence electrons. The molecule has 3 heteroatoms. The number of carbonyl (C=O) groups excluding carboxylic acids is 1. The van der Waals surface area contributed by atoms with E-state index in [4.69, 9.17) is 5.73 Å². The molecular formula is C16H22N2O. The number of hydrogen-bond donors (Lipinski definition) is 1. The van der Waals surface area contributed by atoms with Gasteiger partial charge < -0.3 is 5.73 Å². The normalized spacial score (nSPS) is 21.3. The van der Waals surface area contributed by atoms with E-state index in [0.29, 0.717) is 0 Å². The molecule has 0 saturated carbocycles. The minimum absolute atomic E-state index is 0.0262. The van der Waals surface area contributed by atoms with E-state index in [-0.39, 0.29) is 11.8 Å². The largest absolute Gasteiger partial charge is 0.369 e. The lowest BCUT2D eigenvalue weighted by Gasteiger charge is -2.31. The molecule has 3 nitrogen and oxygen atoms in total. The molecule has 0 bridgehead atoms. The van der Waals surface area contributed by atoms with Crippen LogP contribution in [0, 0.1) is 5.92 Å². The van der Waals surface area contributed by atoms with E-state index in [1.807, 2.05) is 18.2 Å². The van der Waals surface area contributed by atoms with E-state index >= 15 is 0 Å². The fraction of sp³-hybridized carbons (Fsp3) is 0.438. The maximum Gasteiger partial charge on any atom is 0.221 e. The maximum absolute atomic E-state index is 11.3. The van der Waals surface area contributed by atoms with Crippen LogP contribution in [0.15, 0.2) is 35.9 Å². The van der Waals surface area contributed by atoms with Crippen LogP contribution < -0.4 is 5.73 Å². The first-order valence-electron chi connectivity index (χ1n) is 6.89. The van der Waals surface area contributed by atoms with E-state index in [1.165, 1.54) is 11.1 Å². The lowest BCUT2D eigenvalue weighted by atomic mass is 9.97. The van der Waals surface area contributed by atoms with Gasteiger partial charge in [-0.05, 0) is 31.9 Å². The minimum Gasteiger partial charge on any atom is -0.369 e. The number of amides is 1. The van der Waals surface area contributed by atoms with Crippen LogP contribution in [0.5, 0.6) is 0 Å². The van der Waals surface area contributed by atoms with Crippen molar-refractivity contribution in [3.05, 3.63) is 41.5 Å². The van der Waals surface area contributed by atoms with Crippen LogP contribution >= 0.6 is 0 Å². The SMILES string of the molecule is C/C(=C\c1ccccc1)CN1CCCC(C(N)=O)C1. The summed E-state index contributed by atoms with van der Waals surface area (Å²) in [7, 11) is 0. The molecule has 1 saturated heterocycles. The van der Waals surface area contributed by atoms with Crippen LogP contribution in [0.25, 0.3) is 6.08 Å². The van der Waals surface area contributed by atoms with Gasteiger partial charge in [-0.2, -0.15) is 0 Å². The Kier molecular flexibility index (Phi) is 4.74. The second-order valence-corrected chi connectivity index (χ2v) is 5.38. The standard InChI is InChI=1S/C16H22N2O/c1-13(10-14-6-3-2-4-7-14)11-18-9-5-8-15(12-18)16(17)19/h2-4,6-7,10,15H,5,8-9,11-12H2,1H3,(H2,17,19)/b13-10+. The van der Waals surface area contributed by atoms with Gasteiger partial charge in [-0.1, -0.05) is 42.0 Å². The molecule has 1 aliphatic heterocycles. The number of piperidine rings is 1. The number of likely N-dealkylation sites (tertiary alicyclic amines) is 1. The smallest absolute Gasteiger partial charge is 0.221 e. The Morgan fingerprint density at radius 3 is 2.84 bits per heavy atom. The van der Waals surface area contributed by atoms with Crippen LogP contribution in [0.4, 0.5) is 0 Å². The molecule has 19 heavy (non-hydrogen) atoms. The topological polar surface area (TPSA) is 46.3 Å². The average molecular weight is 258 g/mol. The summed E-state index contributed by atoms with van der Waals surface area (Å²) in [4.78, 5) is 13.6. The number of primary amides is 1. The summed E-state index contributed by atoms with van der Waals surface area (Å²) in [6.45, 7) is 4.92. The zero-order chi connectivity index (χ0) is 13.7. The van der Waals surface area contributed by atoms with Gasteiger partial charge in [0.1, 0.15) is 0 Å². The molecule has 0 aliphatic carbocycles. The summed E-state index contributed by atoms with van der Waals surface area (Å²) >= 11 is 0. The van der Waals surface area contributed by atoms with Gasteiger partial charge in [0.25, 0.3) is 0 Å². The third-order valence-corrected chi connectivity index (χ3v) is 3.59. The molecule has 1 aromatic carbocycles. The van der Waals surface area contributed by atoms with Crippen molar-refractivity contribution in [2.45, 2.75) is 19.8 Å². The number of benzene rings is 1. The zero-order valence-corrected chi connectivity index (χ0v) is 11.5. The highest BCUT2D eigenvalue weighted by Gasteiger charge is 2.23. The van der Waals surface area contributed by atoms with E-state index in [0.717, 1.165) is 32.5 Å². The summed E-state index contributed by atoms with van der Waals surface area (Å²) in [5.74, 6) is -0.132. The van der Waals surface area contributed by atoms with Crippen molar-refractivity contribution in [3.63, 3.8) is 0 Å². The molecule has 0 spiro atoms. The molecule has 1 fully saturated rings. The Balaban J connectivity index is 1.93. The van der Waals surface area contributed by atoms with Crippen LogP contribution in [-0.4, -0.2) is 30.4 Å². The van der Waals surface area contributed by atoms with Crippen LogP contribution in [-0.2, 0) is 4.79 Å². The van der Waals surface area contributed by atoms with Crippen molar-refractivity contribution in [2.75, 3.05) is 19.6 Å². The van der Waals surface area contributed by atoms with Gasteiger partial charge in [-0.25, -0.2) is 0 Å². The molecule has 1 amide bonds. The predicted molar refractivity (Wildman–Crippen MR) is 78.5 cm³/mol. The Morgan fingerprint density at radius 1 is 1.42 bits per heavy atom. The first kappa shape index (κ1) is 13.8. The first-order chi connectivity index (χ1) is 9.15. The maximum atomic E-state index is 11.3. The lowest BCUT2D eigenvalue weighted by molar-refractivity contribution is -0.123. The summed E-state index contributed by atoms with van der Waals surface area (Å²) in [6.07, 6.45) is 4.20. The van der Waals surface area contributed by atoms with Gasteiger partial charge in [0.2, 0.25) is 5.91 Å². The molecule has 1 atom stereocenters. The third kappa shape index (κ3) is 4.21. The van der Waals surface area contributed by atoms with Crippen molar-refractivity contribution in [1.29, 1.82) is 0 Å². The van der Waals surface area contributed by atoms with Crippen molar-refractivity contribution < 1.29 is 4.79 Å². The Hall–Kier alpha value is -1.61. The zero-order valence-electron chi connectivity index (χ0n) is 11.5. The van der Waals surface area contributed by atoms with Gasteiger partial charge in [-0.15, -0.1) is 0 Å². The fourth-order valence-electron chi connectivity index (χ4n) is 2.66. The van der Waals surface area contributed by atoms with E-state index in [2.05, 4.69) is 30.0 Å². The van der Waals surface area contributed by atoms with Crippen molar-refractivity contribution in [3.8, 4) is 0 Å². The number of nitrogens with zero attached hydrogens (tertiary/aromatic N) is 1. The van der Waals surface area contributed by atoms with Crippen LogP contribution in [0.1, 0.15) is 25.3 Å². The van der Waals surface area contributed by atoms with Crippen LogP contribution in [0.3, 0.4) is 0 Å². The Labute approximate surface area is 115 Å². The summed E-state index contributed by atoms with van der Waals surface area (Å²) in [5.41, 5.74) is 7.95. The van der Waals surface area contributed by atoms with Gasteiger partial charge >= 0.3 is 0 Å². The Bertz CT molecular complexity index is 453. The van der Waals surface area contributed by atoms with E-state index in [1.54, 1.807) is 0 Å². The van der Waals surface area contributed by atoms with Crippen molar-refractivity contribution in [2.24, 2.45) is 11.7 Å². The third-order valence-electron chi connectivity index (χ3n) is 3.59. The van der Waals surface area contributed by atoms with Crippen LogP contribution in [0.2, 0.25) is 0 Å². The molecule has 0 aromatic heterocycles. The molecule has 1 heterocycles. The number of rotatable bonds is 4. The summed E-state index contributed by atoms with van der Waals surface area (Å²) < 4.78 is 0. The summed E-state index contributed by atoms with van der Waals surface area (Å²) in [6, 6.07) is 10.3. The second-order valence-electron chi connectivity index (χ2n) is 5.38. The highest BCUT2D eigenvalue weighted by Crippen LogP contribution is 2.17. The van der Waals surface area contributed by atoms with Crippen molar-refractivity contribution in [1.82, 2.24) is 4.90 Å². The van der Waals surface area contributed by atoms with Gasteiger partial charge in [-0.3, -0.25) is 9.69 Å². The second kappa shape index (κ2) is 6.53. The predicted octanol–water partition coefficient (Wildman–Crippen LogP) is 2.29. The molecule has 2 N–H and O–H groups in total. The number of nitrogens with two attached hydrogens (primary N) is 1. The highest BCUT2D eigenvalue weighted by atomic mass is 16.1. The number of carbonyl (C=O) groups is 1. The van der Waals surface area contributed by atoms with E-state index in [9.17, 15) is 4.79 Å². The van der Waals surface area contributed by atoms with Gasteiger partial charge in [0.05, 0.1) is 5.92 Å². The number of hydrogen-bond acceptors (Lipinski definition) is 2. The monoisotopic (exact) mass is 258 g/mol. The lowest BCUT2D eigenvalue weighted by Crippen LogP contribution is -2.41. The Morgan fingerprint density at radius 2 is 2.16 bits per heavy atom. The summed E-state index contributed by atoms with van der Waals surface area (Å²) in [5, 5.41) is 0. The fourth-order valence-corrected chi connectivity index (χ4v) is 2.66. The first-order valence-corrected chi connectivity index (χ1v) is 6.89. The highest BCUT2D eigenvalue weighted by molar-refractivity contribution is 5.76. The average Bonchev–Trinajstić information content (AvgIpc) is 2.40. The molecule has 2 rings (SSSR count). The quantitative estimate of drug-likeness (QED) is 0.900. The molecule has 1 aliphatic rings. The van der Waals surface area contributed by atoms with E-state index < -0.39 is 0 Å². The van der Waals surface area contributed by atoms with Gasteiger partial charge in [0.15, 0.2) is 0 Å². The molecule has 0 radical (unpaired) electrons. The molecular weight excluding hydrogens is 236 g/mol. The van der Waals surface area contributed by atoms with Gasteiger partial charge in [0, 0.05) is 13.1 Å². The minimum atomic E-state index is -0.158.